The van der Waals surface area contributed by atoms with Crippen molar-refractivity contribution in [3.05, 3.63) is 29.3 Å². The maximum absolute atomic E-state index is 12.0. The average molecular weight is 343 g/mol. The molecule has 1 heterocycles. The van der Waals surface area contributed by atoms with Gasteiger partial charge in [-0.25, -0.2) is 4.98 Å². The van der Waals surface area contributed by atoms with Gasteiger partial charge >= 0.3 is 0 Å². The van der Waals surface area contributed by atoms with Gasteiger partial charge < -0.3 is 5.32 Å². The van der Waals surface area contributed by atoms with E-state index in [1.807, 2.05) is 18.2 Å². The Morgan fingerprint density at radius 3 is 2.81 bits per heavy atom. The van der Waals surface area contributed by atoms with E-state index in [2.05, 4.69) is 16.4 Å². The normalized spacial score (nSPS) is 23.2. The Bertz CT molecular complexity index is 652. The van der Waals surface area contributed by atoms with Crippen LogP contribution in [0.2, 0.25) is 0 Å². The average Bonchev–Trinajstić information content (AvgIpc) is 2.82. The monoisotopic (exact) mass is 342 g/mol. The fourth-order valence-corrected chi connectivity index (χ4v) is 4.02. The smallest absolute Gasteiger partial charge is 0.229 e. The van der Waals surface area contributed by atoms with Gasteiger partial charge in [-0.1, -0.05) is 12.1 Å². The van der Waals surface area contributed by atoms with Crippen molar-refractivity contribution >= 4 is 50.7 Å². The van der Waals surface area contributed by atoms with Gasteiger partial charge in [-0.3, -0.25) is 4.79 Å². The van der Waals surface area contributed by atoms with E-state index < -0.39 is 9.75 Å². The first kappa shape index (κ1) is 15.1. The molecule has 6 heteroatoms. The fraction of sp³-hybridized carbons (Fsp3) is 0.467. The van der Waals surface area contributed by atoms with E-state index in [4.69, 9.17) is 23.2 Å². The molecule has 1 aliphatic carbocycles. The van der Waals surface area contributed by atoms with E-state index in [1.54, 1.807) is 18.3 Å². The molecule has 1 saturated carbocycles. The number of hydrogen-bond acceptors (Lipinski definition) is 3. The summed E-state index contributed by atoms with van der Waals surface area (Å²) in [5.74, 6) is -0.0585. The minimum atomic E-state index is -0.899. The first-order chi connectivity index (χ1) is 9.92. The van der Waals surface area contributed by atoms with Crippen LogP contribution in [0.1, 0.15) is 24.8 Å². The predicted octanol–water partition coefficient (Wildman–Crippen LogP) is 3.93. The second-order valence-electron chi connectivity index (χ2n) is 5.65. The number of carbonyl (C=O) groups excluding carboxylic acids is 1. The number of fused-ring (bicyclic) bond motifs is 1. The number of thiazole rings is 1. The second kappa shape index (κ2) is 5.41. The highest BCUT2D eigenvalue weighted by molar-refractivity contribution is 7.18. The quantitative estimate of drug-likeness (QED) is 0.660. The lowest BCUT2D eigenvalue weighted by atomic mass is 10.1. The van der Waals surface area contributed by atoms with Gasteiger partial charge in [-0.05, 0) is 31.9 Å². The largest absolute Gasteiger partial charge is 0.356 e. The molecule has 0 bridgehead atoms. The summed E-state index contributed by atoms with van der Waals surface area (Å²) in [6.07, 6.45) is 2.25. The Morgan fingerprint density at radius 2 is 2.14 bits per heavy atom. The van der Waals surface area contributed by atoms with Crippen molar-refractivity contribution in [2.75, 3.05) is 6.54 Å². The van der Waals surface area contributed by atoms with Crippen molar-refractivity contribution in [3.8, 4) is 0 Å². The molecule has 0 spiro atoms. The van der Waals surface area contributed by atoms with Gasteiger partial charge in [0, 0.05) is 13.0 Å². The molecule has 1 atom stereocenters. The van der Waals surface area contributed by atoms with Crippen molar-refractivity contribution in [3.63, 3.8) is 0 Å². The lowest BCUT2D eigenvalue weighted by molar-refractivity contribution is -0.125. The summed E-state index contributed by atoms with van der Waals surface area (Å²) in [7, 11) is 0. The predicted molar refractivity (Wildman–Crippen MR) is 88.1 cm³/mol. The number of benzene rings is 1. The number of rotatable bonds is 5. The van der Waals surface area contributed by atoms with E-state index in [0.29, 0.717) is 13.0 Å². The lowest BCUT2D eigenvalue weighted by Crippen LogP contribution is -2.34. The maximum atomic E-state index is 12.0. The van der Waals surface area contributed by atoms with Crippen LogP contribution in [-0.4, -0.2) is 21.8 Å². The minimum Gasteiger partial charge on any atom is -0.356 e. The van der Waals surface area contributed by atoms with Crippen LogP contribution in [-0.2, 0) is 11.2 Å². The molecule has 112 valence electrons. The zero-order valence-corrected chi connectivity index (χ0v) is 14.0. The summed E-state index contributed by atoms with van der Waals surface area (Å²) in [4.78, 5) is 16.6. The van der Waals surface area contributed by atoms with Crippen LogP contribution in [0.4, 0.5) is 0 Å². The number of halogens is 2. The van der Waals surface area contributed by atoms with Gasteiger partial charge in [0.2, 0.25) is 5.91 Å². The van der Waals surface area contributed by atoms with Crippen molar-refractivity contribution in [1.29, 1.82) is 0 Å². The molecule has 0 aliphatic heterocycles. The van der Waals surface area contributed by atoms with E-state index in [9.17, 15) is 4.79 Å². The van der Waals surface area contributed by atoms with E-state index >= 15 is 0 Å². The second-order valence-corrected chi connectivity index (χ2v) is 8.25. The highest BCUT2D eigenvalue weighted by Gasteiger charge is 2.67. The number of hydrogen-bond donors (Lipinski definition) is 1. The van der Waals surface area contributed by atoms with Gasteiger partial charge in [0.25, 0.3) is 0 Å². The minimum absolute atomic E-state index is 0.0585. The summed E-state index contributed by atoms with van der Waals surface area (Å²) in [5.41, 5.74) is 0.410. The standard InChI is InChI=1S/C15H16Cl2N2OS/c1-14(9-15(14,16)17)13(20)18-8-4-7-12-19-10-5-2-3-6-11(10)21-12/h2-3,5-6H,4,7-9H2,1H3,(H,18,20)/t14-/m1/s1. The zero-order chi connectivity index (χ0) is 15.1. The van der Waals surface area contributed by atoms with Crippen LogP contribution in [0.5, 0.6) is 0 Å². The van der Waals surface area contributed by atoms with Crippen LogP contribution in [0.15, 0.2) is 24.3 Å². The topological polar surface area (TPSA) is 42.0 Å². The Morgan fingerprint density at radius 1 is 1.43 bits per heavy atom. The Hall–Kier alpha value is -0.840. The third-order valence-electron chi connectivity index (χ3n) is 3.95. The van der Waals surface area contributed by atoms with E-state index in [0.717, 1.165) is 23.4 Å². The number of aromatic nitrogens is 1. The van der Waals surface area contributed by atoms with Crippen LogP contribution in [0.25, 0.3) is 10.2 Å². The van der Waals surface area contributed by atoms with Gasteiger partial charge in [-0.2, -0.15) is 0 Å². The van der Waals surface area contributed by atoms with Crippen LogP contribution < -0.4 is 5.32 Å². The number of nitrogens with zero attached hydrogens (tertiary/aromatic N) is 1. The van der Waals surface area contributed by atoms with Gasteiger partial charge in [-0.15, -0.1) is 34.5 Å². The lowest BCUT2D eigenvalue weighted by Gasteiger charge is -2.12. The third-order valence-corrected chi connectivity index (χ3v) is 6.15. The Kier molecular flexibility index (Phi) is 3.89. The molecule has 1 amide bonds. The van der Waals surface area contributed by atoms with Gasteiger partial charge in [0.15, 0.2) is 0 Å². The summed E-state index contributed by atoms with van der Waals surface area (Å²) < 4.78 is 0.306. The van der Waals surface area contributed by atoms with Crippen molar-refractivity contribution < 1.29 is 4.79 Å². The molecule has 1 N–H and O–H groups in total. The van der Waals surface area contributed by atoms with Crippen LogP contribution in [0.3, 0.4) is 0 Å². The summed E-state index contributed by atoms with van der Waals surface area (Å²) in [6, 6.07) is 8.11. The third kappa shape index (κ3) is 2.89. The molecule has 3 rings (SSSR count). The number of alkyl halides is 2. The molecule has 1 aliphatic rings. The Labute approximate surface area is 137 Å². The van der Waals surface area contributed by atoms with Crippen LogP contribution >= 0.6 is 34.5 Å². The van der Waals surface area contributed by atoms with Crippen molar-refractivity contribution in [2.24, 2.45) is 5.41 Å². The highest BCUT2D eigenvalue weighted by atomic mass is 35.5. The zero-order valence-electron chi connectivity index (χ0n) is 11.7. The first-order valence-electron chi connectivity index (χ1n) is 6.93. The summed E-state index contributed by atoms with van der Waals surface area (Å²) >= 11 is 13.7. The van der Waals surface area contributed by atoms with Gasteiger partial charge in [0.05, 0.1) is 20.6 Å². The molecule has 3 nitrogen and oxygen atoms in total. The van der Waals surface area contributed by atoms with E-state index in [-0.39, 0.29) is 5.91 Å². The highest BCUT2D eigenvalue weighted by Crippen LogP contribution is 2.63. The van der Waals surface area contributed by atoms with Crippen molar-refractivity contribution in [1.82, 2.24) is 10.3 Å². The van der Waals surface area contributed by atoms with Gasteiger partial charge in [0.1, 0.15) is 4.33 Å². The maximum Gasteiger partial charge on any atom is 0.229 e. The van der Waals surface area contributed by atoms with Crippen molar-refractivity contribution in [2.45, 2.75) is 30.5 Å². The molecule has 1 aromatic heterocycles. The molecule has 1 aromatic carbocycles. The molecular weight excluding hydrogens is 327 g/mol. The first-order valence-corrected chi connectivity index (χ1v) is 8.50. The molecule has 1 fully saturated rings. The number of para-hydroxylation sites is 1. The number of nitrogens with one attached hydrogen (secondary N) is 1. The molecule has 0 radical (unpaired) electrons. The molecule has 0 unspecified atom stereocenters. The number of carbonyl (C=O) groups is 1. The molecule has 21 heavy (non-hydrogen) atoms. The summed E-state index contributed by atoms with van der Waals surface area (Å²) in [6.45, 7) is 2.42. The fourth-order valence-electron chi connectivity index (χ4n) is 2.31. The molecule has 0 saturated heterocycles. The van der Waals surface area contributed by atoms with Crippen LogP contribution in [0, 0.1) is 5.41 Å². The van der Waals surface area contributed by atoms with E-state index in [1.165, 1.54) is 4.70 Å². The number of amides is 1. The summed E-state index contributed by atoms with van der Waals surface area (Å²) in [5, 5.41) is 4.02. The number of aryl methyl sites for hydroxylation is 1. The SMILES string of the molecule is C[C@]1(C(=O)NCCCc2nc3ccccc3s2)CC1(Cl)Cl. The Balaban J connectivity index is 1.47. The molecule has 2 aromatic rings. The molecular formula is C15H16Cl2N2OS.